The third-order valence-corrected chi connectivity index (χ3v) is 1.22. The Morgan fingerprint density at radius 1 is 1.50 bits per heavy atom. The van der Waals surface area contributed by atoms with Crippen LogP contribution in [0, 0.1) is 0 Å². The number of aliphatic carboxylic acids is 2. The summed E-state index contributed by atoms with van der Waals surface area (Å²) in [6, 6.07) is -1.22. The van der Waals surface area contributed by atoms with Gasteiger partial charge in [-0.25, -0.2) is 4.79 Å². The fraction of sp³-hybridized carbons (Fsp3) is 0.400. The highest BCUT2D eigenvalue weighted by atomic mass is 32.1. The van der Waals surface area contributed by atoms with Crippen molar-refractivity contribution in [3.05, 3.63) is 0 Å². The number of carboxylic acid groups (broad SMARTS) is 2. The van der Waals surface area contributed by atoms with Gasteiger partial charge in [0, 0.05) is 0 Å². The summed E-state index contributed by atoms with van der Waals surface area (Å²) in [5, 5.41) is 19.0. The Kier molecular flexibility index (Phi) is 4.60. The summed E-state index contributed by atoms with van der Waals surface area (Å²) in [7, 11) is 0. The molecule has 0 saturated carbocycles. The summed E-state index contributed by atoms with van der Waals surface area (Å²) in [6.07, 6.45) is -0.532. The average Bonchev–Trinajstić information content (AvgIpc) is 1.83. The molecule has 0 spiro atoms. The van der Waals surface area contributed by atoms with Crippen LogP contribution in [0.25, 0.3) is 0 Å². The zero-order valence-corrected chi connectivity index (χ0v) is 7.56. The van der Waals surface area contributed by atoms with Gasteiger partial charge < -0.3 is 15.5 Å². The molecular formula is C5H7NO4S2. The van der Waals surface area contributed by atoms with Crippen LogP contribution in [-0.2, 0) is 9.59 Å². The number of carboxylic acids is 2. The van der Waals surface area contributed by atoms with Gasteiger partial charge in [-0.05, 0) is 0 Å². The van der Waals surface area contributed by atoms with E-state index in [0.29, 0.717) is 0 Å². The number of hydrogen-bond donors (Lipinski definition) is 4. The lowest BCUT2D eigenvalue weighted by Gasteiger charge is -2.10. The van der Waals surface area contributed by atoms with Gasteiger partial charge in [0.2, 0.25) is 0 Å². The number of nitrogens with one attached hydrogen (secondary N) is 1. The highest BCUT2D eigenvalue weighted by molar-refractivity contribution is 8.11. The molecule has 0 bridgehead atoms. The van der Waals surface area contributed by atoms with Gasteiger partial charge in [0.1, 0.15) is 10.4 Å². The van der Waals surface area contributed by atoms with E-state index in [0.717, 1.165) is 0 Å². The predicted octanol–water partition coefficient (Wildman–Crippen LogP) is -0.281. The number of hydrogen-bond acceptors (Lipinski definition) is 3. The molecule has 0 saturated heterocycles. The lowest BCUT2D eigenvalue weighted by molar-refractivity contribution is -0.145. The molecular weight excluding hydrogens is 202 g/mol. The van der Waals surface area contributed by atoms with Gasteiger partial charge >= 0.3 is 11.9 Å². The Balaban J connectivity index is 4.14. The second-order valence-corrected chi connectivity index (χ2v) is 3.10. The van der Waals surface area contributed by atoms with Crippen LogP contribution >= 0.6 is 24.8 Å². The molecule has 0 aliphatic rings. The Bertz CT molecular complexity index is 201. The highest BCUT2D eigenvalue weighted by Gasteiger charge is 2.20. The molecule has 3 N–H and O–H groups in total. The minimum absolute atomic E-state index is 0.0383. The lowest BCUT2D eigenvalue weighted by atomic mass is 10.2. The molecule has 5 nitrogen and oxygen atoms in total. The van der Waals surface area contributed by atoms with Crippen LogP contribution in [0.4, 0.5) is 0 Å². The third kappa shape index (κ3) is 4.91. The fourth-order valence-corrected chi connectivity index (χ4v) is 0.822. The van der Waals surface area contributed by atoms with E-state index in [2.05, 4.69) is 30.2 Å². The topological polar surface area (TPSA) is 86.6 Å². The van der Waals surface area contributed by atoms with Gasteiger partial charge in [0.25, 0.3) is 0 Å². The van der Waals surface area contributed by atoms with Gasteiger partial charge in [-0.1, -0.05) is 12.2 Å². The van der Waals surface area contributed by atoms with Gasteiger partial charge in [-0.3, -0.25) is 4.79 Å². The first kappa shape index (κ1) is 11.2. The molecule has 68 valence electrons. The lowest BCUT2D eigenvalue weighted by Crippen LogP contribution is -2.39. The first-order valence-electron chi connectivity index (χ1n) is 2.87. The summed E-state index contributed by atoms with van der Waals surface area (Å²) in [5.74, 6) is -2.48. The zero-order valence-electron chi connectivity index (χ0n) is 5.85. The molecule has 12 heavy (non-hydrogen) atoms. The summed E-state index contributed by atoms with van der Waals surface area (Å²) in [5.41, 5.74) is 0. The molecule has 0 unspecified atom stereocenters. The van der Waals surface area contributed by atoms with E-state index in [1.165, 1.54) is 0 Å². The molecule has 0 aromatic carbocycles. The standard InChI is InChI=1S/C5H7NO4S2/c7-3(8)1-2(4(9)10)6-5(11)12/h2H,1H2,(H,7,8)(H,9,10)(H2,6,11,12)/t2-/m0/s1. The fourth-order valence-electron chi connectivity index (χ4n) is 0.524. The van der Waals surface area contributed by atoms with Gasteiger partial charge in [0.15, 0.2) is 0 Å². The molecule has 0 rings (SSSR count). The maximum atomic E-state index is 10.4. The first-order valence-corrected chi connectivity index (χ1v) is 3.73. The summed E-state index contributed by atoms with van der Waals surface area (Å²) < 4.78 is -0.0383. The van der Waals surface area contributed by atoms with Gasteiger partial charge in [-0.15, -0.1) is 12.6 Å². The SMILES string of the molecule is O=C(O)C[C@H](NC(=S)S)C(=O)O. The first-order chi connectivity index (χ1) is 5.43. The Morgan fingerprint density at radius 2 is 2.00 bits per heavy atom. The second kappa shape index (κ2) is 4.94. The van der Waals surface area contributed by atoms with E-state index < -0.39 is 24.4 Å². The molecule has 1 atom stereocenters. The molecule has 0 heterocycles. The summed E-state index contributed by atoms with van der Waals surface area (Å²) in [4.78, 5) is 20.5. The Morgan fingerprint density at radius 3 is 2.25 bits per heavy atom. The van der Waals surface area contributed by atoms with Crippen molar-refractivity contribution in [2.24, 2.45) is 0 Å². The second-order valence-electron chi connectivity index (χ2n) is 1.94. The minimum Gasteiger partial charge on any atom is -0.481 e. The normalized spacial score (nSPS) is 11.8. The van der Waals surface area contributed by atoms with E-state index in [1.807, 2.05) is 0 Å². The molecule has 0 aliphatic carbocycles. The van der Waals surface area contributed by atoms with Crippen molar-refractivity contribution in [3.63, 3.8) is 0 Å². The van der Waals surface area contributed by atoms with E-state index in [1.54, 1.807) is 0 Å². The molecule has 0 fully saturated rings. The van der Waals surface area contributed by atoms with Crippen molar-refractivity contribution in [1.82, 2.24) is 5.32 Å². The third-order valence-electron chi connectivity index (χ3n) is 0.975. The quantitative estimate of drug-likeness (QED) is 0.376. The van der Waals surface area contributed by atoms with Crippen LogP contribution in [0.1, 0.15) is 6.42 Å². The van der Waals surface area contributed by atoms with E-state index in [4.69, 9.17) is 10.2 Å². The van der Waals surface area contributed by atoms with Crippen LogP contribution < -0.4 is 5.32 Å². The predicted molar refractivity (Wildman–Crippen MR) is 48.4 cm³/mol. The zero-order chi connectivity index (χ0) is 9.72. The van der Waals surface area contributed by atoms with Gasteiger partial charge in [0.05, 0.1) is 6.42 Å². The number of rotatable bonds is 4. The summed E-state index contributed by atoms with van der Waals surface area (Å²) in [6.45, 7) is 0. The van der Waals surface area contributed by atoms with Crippen molar-refractivity contribution in [2.75, 3.05) is 0 Å². The monoisotopic (exact) mass is 209 g/mol. The van der Waals surface area contributed by atoms with Crippen molar-refractivity contribution >= 4 is 41.1 Å². The van der Waals surface area contributed by atoms with Crippen LogP contribution in [0.3, 0.4) is 0 Å². The Labute approximate surface area is 79.2 Å². The molecule has 0 radical (unpaired) electrons. The molecule has 0 aliphatic heterocycles. The molecule has 0 aromatic rings. The molecule has 0 aromatic heterocycles. The van der Waals surface area contributed by atoms with Crippen LogP contribution in [0.2, 0.25) is 0 Å². The van der Waals surface area contributed by atoms with E-state index in [9.17, 15) is 9.59 Å². The molecule has 0 amide bonds. The number of thiol groups is 1. The van der Waals surface area contributed by atoms with E-state index in [-0.39, 0.29) is 4.32 Å². The highest BCUT2D eigenvalue weighted by Crippen LogP contribution is 1.94. The van der Waals surface area contributed by atoms with Crippen LogP contribution in [0.5, 0.6) is 0 Å². The number of thiocarbonyl (C=S) groups is 1. The number of carbonyl (C=O) groups is 2. The summed E-state index contributed by atoms with van der Waals surface area (Å²) >= 11 is 8.06. The minimum atomic E-state index is -1.27. The van der Waals surface area contributed by atoms with Crippen molar-refractivity contribution in [2.45, 2.75) is 12.5 Å². The Hall–Kier alpha value is -0.820. The van der Waals surface area contributed by atoms with Crippen molar-refractivity contribution < 1.29 is 19.8 Å². The maximum Gasteiger partial charge on any atom is 0.326 e. The smallest absolute Gasteiger partial charge is 0.326 e. The molecule has 7 heteroatoms. The van der Waals surface area contributed by atoms with Crippen molar-refractivity contribution in [1.29, 1.82) is 0 Å². The average molecular weight is 209 g/mol. The van der Waals surface area contributed by atoms with E-state index >= 15 is 0 Å². The van der Waals surface area contributed by atoms with Gasteiger partial charge in [-0.2, -0.15) is 0 Å². The van der Waals surface area contributed by atoms with Crippen LogP contribution in [0.15, 0.2) is 0 Å². The van der Waals surface area contributed by atoms with Crippen LogP contribution in [-0.4, -0.2) is 32.5 Å². The maximum absolute atomic E-state index is 10.4. The largest absolute Gasteiger partial charge is 0.481 e. The van der Waals surface area contributed by atoms with Crippen molar-refractivity contribution in [3.8, 4) is 0 Å².